The molecule has 0 heterocycles. The van der Waals surface area contributed by atoms with Crippen LogP contribution in [0.4, 0.5) is 11.4 Å². The number of rotatable bonds is 7. The zero-order chi connectivity index (χ0) is 19.2. The second kappa shape index (κ2) is 9.09. The van der Waals surface area contributed by atoms with Gasteiger partial charge in [0.2, 0.25) is 10.0 Å². The molecule has 0 amide bonds. The van der Waals surface area contributed by atoms with Crippen molar-refractivity contribution in [3.8, 4) is 0 Å². The summed E-state index contributed by atoms with van der Waals surface area (Å²) in [5, 5.41) is 15.5. The van der Waals surface area contributed by atoms with Gasteiger partial charge in [0.1, 0.15) is 4.90 Å². The van der Waals surface area contributed by atoms with E-state index in [0.717, 1.165) is 37.5 Å². The van der Waals surface area contributed by atoms with E-state index in [0.29, 0.717) is 0 Å². The first-order valence-electron chi connectivity index (χ1n) is 9.00. The van der Waals surface area contributed by atoms with Crippen molar-refractivity contribution in [3.63, 3.8) is 0 Å². The van der Waals surface area contributed by atoms with Crippen molar-refractivity contribution in [1.82, 2.24) is 4.31 Å². The van der Waals surface area contributed by atoms with Crippen LogP contribution in [0.1, 0.15) is 52.4 Å². The fourth-order valence-corrected chi connectivity index (χ4v) is 4.64. The quantitative estimate of drug-likeness (QED) is 0.439. The summed E-state index contributed by atoms with van der Waals surface area (Å²) in [6, 6.07) is 3.80. The number of hydrogen-bond acceptors (Lipinski definition) is 6. The monoisotopic (exact) mass is 382 g/mol. The number of sulfonamides is 1. The Labute approximate surface area is 154 Å². The molecule has 1 aromatic carbocycles. The third-order valence-corrected chi connectivity index (χ3v) is 6.60. The third-order valence-electron chi connectivity index (χ3n) is 4.51. The Balaban J connectivity index is 2.42. The molecular formula is C17H26N4O4S. The van der Waals surface area contributed by atoms with Crippen LogP contribution in [0.5, 0.6) is 0 Å². The molecule has 0 spiro atoms. The summed E-state index contributed by atoms with van der Waals surface area (Å²) < 4.78 is 27.1. The highest BCUT2D eigenvalue weighted by atomic mass is 32.2. The SMILES string of the molecule is CCN(CC)S(=O)(=O)c1cc([N+](=O)[O-])ccc1NN=C1CCCCCC1. The van der Waals surface area contributed by atoms with E-state index in [9.17, 15) is 18.5 Å². The van der Waals surface area contributed by atoms with Crippen LogP contribution < -0.4 is 5.43 Å². The number of hydrogen-bond donors (Lipinski definition) is 1. The van der Waals surface area contributed by atoms with Crippen molar-refractivity contribution in [2.24, 2.45) is 5.10 Å². The minimum atomic E-state index is -3.85. The molecule has 1 saturated carbocycles. The number of anilines is 1. The highest BCUT2D eigenvalue weighted by Crippen LogP contribution is 2.29. The largest absolute Gasteiger partial charge is 0.277 e. The Kier molecular flexibility index (Phi) is 7.10. The van der Waals surface area contributed by atoms with Gasteiger partial charge in [0.05, 0.1) is 10.6 Å². The van der Waals surface area contributed by atoms with Crippen LogP contribution >= 0.6 is 0 Å². The van der Waals surface area contributed by atoms with Gasteiger partial charge in [0, 0.05) is 30.9 Å². The maximum Gasteiger partial charge on any atom is 0.270 e. The lowest BCUT2D eigenvalue weighted by atomic mass is 10.2. The third kappa shape index (κ3) is 4.79. The number of nitrogens with zero attached hydrogens (tertiary/aromatic N) is 3. The number of nitrogens with one attached hydrogen (secondary N) is 1. The molecule has 0 bridgehead atoms. The van der Waals surface area contributed by atoms with Crippen LogP contribution in [0.15, 0.2) is 28.2 Å². The van der Waals surface area contributed by atoms with Crippen LogP contribution in [-0.2, 0) is 10.0 Å². The summed E-state index contributed by atoms with van der Waals surface area (Å²) in [7, 11) is -3.85. The van der Waals surface area contributed by atoms with Gasteiger partial charge in [-0.1, -0.05) is 26.7 Å². The second-order valence-electron chi connectivity index (χ2n) is 6.23. The lowest BCUT2D eigenvalue weighted by Crippen LogP contribution is -2.31. The van der Waals surface area contributed by atoms with Gasteiger partial charge in [0.25, 0.3) is 5.69 Å². The first-order chi connectivity index (χ1) is 12.4. The van der Waals surface area contributed by atoms with Crippen molar-refractivity contribution < 1.29 is 13.3 Å². The number of benzene rings is 1. The van der Waals surface area contributed by atoms with Crippen LogP contribution in [0.3, 0.4) is 0 Å². The fourth-order valence-electron chi connectivity index (χ4n) is 3.02. The van der Waals surface area contributed by atoms with E-state index in [2.05, 4.69) is 10.5 Å². The zero-order valence-corrected chi connectivity index (χ0v) is 16.1. The fraction of sp³-hybridized carbons (Fsp3) is 0.588. The van der Waals surface area contributed by atoms with E-state index in [1.54, 1.807) is 13.8 Å². The standard InChI is InChI=1S/C17H26N4O4S/c1-3-20(4-2)26(24,25)17-13-15(21(22)23)11-12-16(17)19-18-14-9-7-5-6-8-10-14/h11-13,19H,3-10H2,1-2H3. The van der Waals surface area contributed by atoms with E-state index in [1.807, 2.05) is 0 Å². The molecule has 0 atom stereocenters. The predicted octanol–water partition coefficient (Wildman–Crippen LogP) is 3.75. The minimum absolute atomic E-state index is 0.117. The molecule has 1 N–H and O–H groups in total. The molecule has 9 heteroatoms. The molecule has 2 rings (SSSR count). The summed E-state index contributed by atoms with van der Waals surface area (Å²) in [5.74, 6) is 0. The van der Waals surface area contributed by atoms with Gasteiger partial charge in [-0.25, -0.2) is 8.42 Å². The van der Waals surface area contributed by atoms with Crippen molar-refractivity contribution in [2.45, 2.75) is 57.3 Å². The Morgan fingerprint density at radius 3 is 2.31 bits per heavy atom. The van der Waals surface area contributed by atoms with Crippen LogP contribution in [-0.4, -0.2) is 36.4 Å². The van der Waals surface area contributed by atoms with Gasteiger partial charge in [0.15, 0.2) is 0 Å². The summed E-state index contributed by atoms with van der Waals surface area (Å²) in [6.45, 7) is 4.04. The van der Waals surface area contributed by atoms with Gasteiger partial charge in [-0.3, -0.25) is 15.5 Å². The minimum Gasteiger partial charge on any atom is -0.277 e. The maximum absolute atomic E-state index is 12.9. The summed E-state index contributed by atoms with van der Waals surface area (Å²) in [5.41, 5.74) is 3.85. The zero-order valence-electron chi connectivity index (χ0n) is 15.3. The molecule has 0 unspecified atom stereocenters. The molecule has 1 aromatic rings. The summed E-state index contributed by atoms with van der Waals surface area (Å²) >= 11 is 0. The Hall–Kier alpha value is -2.00. The van der Waals surface area contributed by atoms with E-state index in [1.165, 1.54) is 29.3 Å². The first kappa shape index (κ1) is 20.3. The molecule has 1 aliphatic carbocycles. The first-order valence-corrected chi connectivity index (χ1v) is 10.4. The van der Waals surface area contributed by atoms with E-state index >= 15 is 0 Å². The predicted molar refractivity (Wildman–Crippen MR) is 102 cm³/mol. The van der Waals surface area contributed by atoms with Crippen LogP contribution in [0.25, 0.3) is 0 Å². The summed E-state index contributed by atoms with van der Waals surface area (Å²) in [6.07, 6.45) is 6.28. The number of nitro groups is 1. The molecule has 0 aliphatic heterocycles. The van der Waals surface area contributed by atoms with Gasteiger partial charge in [-0.05, 0) is 31.7 Å². The van der Waals surface area contributed by atoms with Gasteiger partial charge < -0.3 is 0 Å². The lowest BCUT2D eigenvalue weighted by Gasteiger charge is -2.20. The summed E-state index contributed by atoms with van der Waals surface area (Å²) in [4.78, 5) is 10.4. The highest BCUT2D eigenvalue weighted by molar-refractivity contribution is 7.89. The smallest absolute Gasteiger partial charge is 0.270 e. The van der Waals surface area contributed by atoms with Crippen LogP contribution in [0, 0.1) is 10.1 Å². The topological polar surface area (TPSA) is 105 Å². The van der Waals surface area contributed by atoms with E-state index in [-0.39, 0.29) is 29.4 Å². The van der Waals surface area contributed by atoms with Gasteiger partial charge in [-0.2, -0.15) is 9.41 Å². The van der Waals surface area contributed by atoms with E-state index in [4.69, 9.17) is 0 Å². The molecule has 0 radical (unpaired) electrons. The van der Waals surface area contributed by atoms with Crippen molar-refractivity contribution in [2.75, 3.05) is 18.5 Å². The molecule has 0 saturated heterocycles. The molecule has 1 aliphatic rings. The second-order valence-corrected chi connectivity index (χ2v) is 8.14. The van der Waals surface area contributed by atoms with Gasteiger partial charge in [-0.15, -0.1) is 0 Å². The van der Waals surface area contributed by atoms with E-state index < -0.39 is 14.9 Å². The van der Waals surface area contributed by atoms with Crippen molar-refractivity contribution >= 4 is 27.1 Å². The molecule has 26 heavy (non-hydrogen) atoms. The Bertz CT molecular complexity index is 763. The number of non-ortho nitro benzene ring substituents is 1. The number of hydrazone groups is 1. The molecule has 8 nitrogen and oxygen atoms in total. The molecule has 144 valence electrons. The lowest BCUT2D eigenvalue weighted by molar-refractivity contribution is -0.385. The Morgan fingerprint density at radius 1 is 1.15 bits per heavy atom. The van der Waals surface area contributed by atoms with Gasteiger partial charge >= 0.3 is 0 Å². The average Bonchev–Trinajstić information content (AvgIpc) is 2.89. The molecular weight excluding hydrogens is 356 g/mol. The normalized spacial score (nSPS) is 15.6. The van der Waals surface area contributed by atoms with Crippen molar-refractivity contribution in [1.29, 1.82) is 0 Å². The molecule has 0 aromatic heterocycles. The molecule has 1 fully saturated rings. The maximum atomic E-state index is 12.9. The highest BCUT2D eigenvalue weighted by Gasteiger charge is 2.27. The Morgan fingerprint density at radius 2 is 1.77 bits per heavy atom. The van der Waals surface area contributed by atoms with Crippen molar-refractivity contribution in [3.05, 3.63) is 28.3 Å². The number of nitro benzene ring substituents is 1. The average molecular weight is 382 g/mol. The van der Waals surface area contributed by atoms with Crippen LogP contribution in [0.2, 0.25) is 0 Å².